The van der Waals surface area contributed by atoms with Crippen molar-refractivity contribution in [1.29, 1.82) is 0 Å². The van der Waals surface area contributed by atoms with Crippen molar-refractivity contribution in [3.63, 3.8) is 0 Å². The van der Waals surface area contributed by atoms with E-state index in [0.29, 0.717) is 0 Å². The van der Waals surface area contributed by atoms with Gasteiger partial charge in [0.05, 0.1) is 11.3 Å². The van der Waals surface area contributed by atoms with Gasteiger partial charge in [0.25, 0.3) is 0 Å². The predicted molar refractivity (Wildman–Crippen MR) is 62.4 cm³/mol. The van der Waals surface area contributed by atoms with Gasteiger partial charge in [-0.25, -0.2) is 4.39 Å². The highest BCUT2D eigenvalue weighted by atomic mass is 19.1. The van der Waals surface area contributed by atoms with Crippen LogP contribution >= 0.6 is 0 Å². The molecule has 17 heavy (non-hydrogen) atoms. The van der Waals surface area contributed by atoms with Gasteiger partial charge >= 0.3 is 0 Å². The van der Waals surface area contributed by atoms with Crippen molar-refractivity contribution in [3.8, 4) is 5.75 Å². The number of ether oxygens (including phenoxy) is 1. The molecule has 0 bridgehead atoms. The molecule has 0 saturated carbocycles. The zero-order valence-electron chi connectivity index (χ0n) is 10.1. The zero-order valence-corrected chi connectivity index (χ0v) is 10.1. The first kappa shape index (κ1) is 13.4. The lowest BCUT2D eigenvalue weighted by Crippen LogP contribution is -2.27. The van der Waals surface area contributed by atoms with Gasteiger partial charge in [0.15, 0.2) is 0 Å². The van der Waals surface area contributed by atoms with E-state index in [-0.39, 0.29) is 18.0 Å². The molecule has 1 rings (SSSR count). The number of hydrogen-bond donors (Lipinski definition) is 2. The van der Waals surface area contributed by atoms with Crippen molar-refractivity contribution in [2.75, 3.05) is 11.9 Å². The van der Waals surface area contributed by atoms with Crippen LogP contribution < -0.4 is 5.32 Å². The van der Waals surface area contributed by atoms with E-state index in [9.17, 15) is 9.18 Å². The van der Waals surface area contributed by atoms with E-state index in [2.05, 4.69) is 5.32 Å². The van der Waals surface area contributed by atoms with Gasteiger partial charge < -0.3 is 15.2 Å². The second-order valence-electron chi connectivity index (χ2n) is 4.61. The molecule has 0 aliphatic carbocycles. The lowest BCUT2D eigenvalue weighted by molar-refractivity contribution is -0.125. The first-order valence-electron chi connectivity index (χ1n) is 5.20. The molecule has 4 nitrogen and oxygen atoms in total. The smallest absolute Gasteiger partial charge is 0.250 e. The number of phenolic OH excluding ortho intramolecular Hbond substituents is 1. The van der Waals surface area contributed by atoms with Crippen LogP contribution in [0.4, 0.5) is 10.1 Å². The van der Waals surface area contributed by atoms with Gasteiger partial charge in [-0.05, 0) is 32.9 Å². The standard InChI is InChI=1S/C12H16FNO3/c1-12(2,3)17-7-11(16)14-10-5-4-8(15)6-9(10)13/h4-6,15H,7H2,1-3H3,(H,14,16). The fourth-order valence-electron chi connectivity index (χ4n) is 1.07. The second-order valence-corrected chi connectivity index (χ2v) is 4.61. The van der Waals surface area contributed by atoms with Crippen LogP contribution in [0, 0.1) is 5.82 Å². The van der Waals surface area contributed by atoms with Gasteiger partial charge in [0.2, 0.25) is 5.91 Å². The fraction of sp³-hybridized carbons (Fsp3) is 0.417. The van der Waals surface area contributed by atoms with Crippen molar-refractivity contribution >= 4 is 11.6 Å². The Morgan fingerprint density at radius 1 is 1.47 bits per heavy atom. The van der Waals surface area contributed by atoms with Crippen LogP contribution in [0.5, 0.6) is 5.75 Å². The minimum Gasteiger partial charge on any atom is -0.508 e. The number of benzene rings is 1. The number of carbonyl (C=O) groups excluding carboxylic acids is 1. The summed E-state index contributed by atoms with van der Waals surface area (Å²) in [5.74, 6) is -1.31. The SMILES string of the molecule is CC(C)(C)OCC(=O)Nc1ccc(O)cc1F. The van der Waals surface area contributed by atoms with E-state index in [4.69, 9.17) is 9.84 Å². The zero-order chi connectivity index (χ0) is 13.1. The molecule has 0 atom stereocenters. The van der Waals surface area contributed by atoms with Crippen LogP contribution in [-0.4, -0.2) is 23.2 Å². The molecule has 0 aliphatic heterocycles. The molecule has 0 aliphatic rings. The lowest BCUT2D eigenvalue weighted by Gasteiger charge is -2.19. The maximum absolute atomic E-state index is 13.3. The molecule has 5 heteroatoms. The lowest BCUT2D eigenvalue weighted by atomic mass is 10.2. The summed E-state index contributed by atoms with van der Waals surface area (Å²) in [6.07, 6.45) is 0. The molecule has 0 fully saturated rings. The number of nitrogens with one attached hydrogen (secondary N) is 1. The van der Waals surface area contributed by atoms with Crippen molar-refractivity contribution in [1.82, 2.24) is 0 Å². The van der Waals surface area contributed by atoms with E-state index in [1.54, 1.807) is 0 Å². The molecule has 0 saturated heterocycles. The third kappa shape index (κ3) is 4.82. The third-order valence-corrected chi connectivity index (χ3v) is 1.86. The van der Waals surface area contributed by atoms with Crippen LogP contribution in [0.15, 0.2) is 18.2 Å². The molecule has 0 radical (unpaired) electrons. The number of rotatable bonds is 3. The molecule has 0 spiro atoms. The summed E-state index contributed by atoms with van der Waals surface area (Å²) in [6, 6.07) is 3.52. The van der Waals surface area contributed by atoms with Gasteiger partial charge in [-0.15, -0.1) is 0 Å². The average Bonchev–Trinajstić information content (AvgIpc) is 2.18. The molecule has 2 N–H and O–H groups in total. The van der Waals surface area contributed by atoms with E-state index >= 15 is 0 Å². The molecule has 0 heterocycles. The third-order valence-electron chi connectivity index (χ3n) is 1.86. The fourth-order valence-corrected chi connectivity index (χ4v) is 1.07. The Kier molecular flexibility index (Phi) is 4.07. The largest absolute Gasteiger partial charge is 0.508 e. The van der Waals surface area contributed by atoms with E-state index in [0.717, 1.165) is 6.07 Å². The summed E-state index contributed by atoms with van der Waals surface area (Å²) in [4.78, 5) is 11.4. The van der Waals surface area contributed by atoms with E-state index < -0.39 is 17.3 Å². The van der Waals surface area contributed by atoms with Gasteiger partial charge in [0.1, 0.15) is 18.2 Å². The minimum atomic E-state index is -0.686. The molecular weight excluding hydrogens is 225 g/mol. The number of halogens is 1. The van der Waals surface area contributed by atoms with Crippen LogP contribution in [0.2, 0.25) is 0 Å². The monoisotopic (exact) mass is 241 g/mol. The summed E-state index contributed by atoms with van der Waals surface area (Å²) in [7, 11) is 0. The molecule has 1 amide bonds. The first-order chi connectivity index (χ1) is 7.78. The topological polar surface area (TPSA) is 58.6 Å². The van der Waals surface area contributed by atoms with Crippen LogP contribution in [0.1, 0.15) is 20.8 Å². The quantitative estimate of drug-likeness (QED) is 0.798. The Balaban J connectivity index is 2.57. The van der Waals surface area contributed by atoms with Crippen molar-refractivity contribution in [2.45, 2.75) is 26.4 Å². The van der Waals surface area contributed by atoms with Gasteiger partial charge in [0, 0.05) is 6.07 Å². The predicted octanol–water partition coefficient (Wildman–Crippen LogP) is 2.28. The summed E-state index contributed by atoms with van der Waals surface area (Å²) < 4.78 is 18.5. The molecule has 0 unspecified atom stereocenters. The molecule has 1 aromatic rings. The minimum absolute atomic E-state index is 0.0188. The first-order valence-corrected chi connectivity index (χ1v) is 5.20. The highest BCUT2D eigenvalue weighted by molar-refractivity contribution is 5.91. The summed E-state index contributed by atoms with van der Waals surface area (Å²) >= 11 is 0. The number of aromatic hydroxyl groups is 1. The molecule has 1 aromatic carbocycles. The normalized spacial score (nSPS) is 11.3. The second kappa shape index (κ2) is 5.14. The van der Waals surface area contributed by atoms with Crippen LogP contribution in [0.3, 0.4) is 0 Å². The number of amides is 1. The maximum atomic E-state index is 13.3. The number of hydrogen-bond acceptors (Lipinski definition) is 3. The highest BCUT2D eigenvalue weighted by Crippen LogP contribution is 2.19. The average molecular weight is 241 g/mol. The number of carbonyl (C=O) groups is 1. The molecule has 0 aromatic heterocycles. The summed E-state index contributed by atoms with van der Waals surface area (Å²) in [5, 5.41) is 11.4. The van der Waals surface area contributed by atoms with Gasteiger partial charge in [-0.1, -0.05) is 0 Å². The van der Waals surface area contributed by atoms with Gasteiger partial charge in [-0.3, -0.25) is 4.79 Å². The molecule has 94 valence electrons. The van der Waals surface area contributed by atoms with Crippen molar-refractivity contribution < 1.29 is 19.0 Å². The number of phenols is 1. The van der Waals surface area contributed by atoms with Gasteiger partial charge in [-0.2, -0.15) is 0 Å². The Morgan fingerprint density at radius 3 is 2.65 bits per heavy atom. The highest BCUT2D eigenvalue weighted by Gasteiger charge is 2.14. The Labute approximate surface area is 99.4 Å². The van der Waals surface area contributed by atoms with E-state index in [1.165, 1.54) is 12.1 Å². The Hall–Kier alpha value is -1.62. The van der Waals surface area contributed by atoms with Crippen molar-refractivity contribution in [2.24, 2.45) is 0 Å². The van der Waals surface area contributed by atoms with Crippen LogP contribution in [-0.2, 0) is 9.53 Å². The summed E-state index contributed by atoms with van der Waals surface area (Å²) in [5.41, 5.74) is -0.407. The Morgan fingerprint density at radius 2 is 2.12 bits per heavy atom. The Bertz CT molecular complexity index is 413. The van der Waals surface area contributed by atoms with E-state index in [1.807, 2.05) is 20.8 Å². The molecular formula is C12H16FNO3. The maximum Gasteiger partial charge on any atom is 0.250 e. The summed E-state index contributed by atoms with van der Waals surface area (Å²) in [6.45, 7) is 5.31. The van der Waals surface area contributed by atoms with Crippen LogP contribution in [0.25, 0.3) is 0 Å². The number of anilines is 1. The van der Waals surface area contributed by atoms with Crippen molar-refractivity contribution in [3.05, 3.63) is 24.0 Å².